The smallest absolute Gasteiger partial charge is 0.244 e. The molecule has 2 rings (SSSR count). The Morgan fingerprint density at radius 1 is 1.67 bits per heavy atom. The van der Waals surface area contributed by atoms with E-state index in [2.05, 4.69) is 31.2 Å². The van der Waals surface area contributed by atoms with Crippen LogP contribution in [0.25, 0.3) is 0 Å². The van der Waals surface area contributed by atoms with Crippen LogP contribution in [0.4, 0.5) is 11.8 Å². The molecule has 0 spiro atoms. The molecule has 2 heterocycles. The van der Waals surface area contributed by atoms with Gasteiger partial charge in [0.25, 0.3) is 0 Å². The van der Waals surface area contributed by atoms with Gasteiger partial charge in [-0.25, -0.2) is 4.98 Å². The Balaban J connectivity index is 2.30. The molecule has 0 aromatic carbocycles. The summed E-state index contributed by atoms with van der Waals surface area (Å²) in [6.45, 7) is 1.40. The Kier molecular flexibility index (Phi) is 3.97. The van der Waals surface area contributed by atoms with E-state index in [-0.39, 0.29) is 5.91 Å². The fourth-order valence-electron chi connectivity index (χ4n) is 1.78. The van der Waals surface area contributed by atoms with Crippen molar-refractivity contribution in [2.45, 2.75) is 6.04 Å². The first-order chi connectivity index (χ1) is 8.61. The molecular weight excluding hydrogens is 302 g/mol. The van der Waals surface area contributed by atoms with Crippen LogP contribution in [0.15, 0.2) is 10.7 Å². The number of likely N-dealkylation sites (N-methyl/N-ethyl adjacent to an activating group) is 1. The second kappa shape index (κ2) is 5.49. The van der Waals surface area contributed by atoms with Crippen LogP contribution in [0, 0.1) is 0 Å². The Morgan fingerprint density at radius 2 is 2.44 bits per heavy atom. The number of ether oxygens (including phenoxy) is 1. The standard InChI is InChI=1S/C10H14BrN5O2/c1-13-9(17)6-5-18-3-2-16(6)10-14-7(11)4-8(12)15-10/h4,6H,2-3,5H2,1H3,(H,13,17)(H2,12,14,15). The maximum absolute atomic E-state index is 11.8. The Hall–Kier alpha value is -1.41. The highest BCUT2D eigenvalue weighted by Gasteiger charge is 2.30. The van der Waals surface area contributed by atoms with E-state index in [0.717, 1.165) is 0 Å². The van der Waals surface area contributed by atoms with Crippen LogP contribution in [0.3, 0.4) is 0 Å². The third-order valence-corrected chi connectivity index (χ3v) is 3.04. The summed E-state index contributed by atoms with van der Waals surface area (Å²) in [7, 11) is 1.59. The largest absolute Gasteiger partial charge is 0.383 e. The summed E-state index contributed by atoms with van der Waals surface area (Å²) < 4.78 is 5.91. The SMILES string of the molecule is CNC(=O)C1COCCN1c1nc(N)cc(Br)n1. The zero-order valence-corrected chi connectivity index (χ0v) is 11.5. The zero-order chi connectivity index (χ0) is 13.1. The molecule has 18 heavy (non-hydrogen) atoms. The summed E-state index contributed by atoms with van der Waals surface area (Å²) >= 11 is 3.26. The fraction of sp³-hybridized carbons (Fsp3) is 0.500. The molecule has 8 heteroatoms. The number of nitrogens with two attached hydrogens (primary N) is 1. The molecule has 7 nitrogen and oxygen atoms in total. The summed E-state index contributed by atoms with van der Waals surface area (Å²) in [4.78, 5) is 22.0. The Bertz CT molecular complexity index is 436. The fourth-order valence-corrected chi connectivity index (χ4v) is 2.17. The molecular formula is C10H14BrN5O2. The summed E-state index contributed by atoms with van der Waals surface area (Å²) in [5, 5.41) is 2.60. The van der Waals surface area contributed by atoms with E-state index >= 15 is 0 Å². The van der Waals surface area contributed by atoms with Crippen LogP contribution in [0.1, 0.15) is 0 Å². The molecule has 1 saturated heterocycles. The second-order valence-corrected chi connectivity index (χ2v) is 4.63. The van der Waals surface area contributed by atoms with E-state index in [4.69, 9.17) is 10.5 Å². The van der Waals surface area contributed by atoms with E-state index in [1.54, 1.807) is 18.0 Å². The third-order valence-electron chi connectivity index (χ3n) is 2.64. The van der Waals surface area contributed by atoms with Crippen LogP contribution < -0.4 is 16.0 Å². The number of hydrogen-bond acceptors (Lipinski definition) is 6. The van der Waals surface area contributed by atoms with Gasteiger partial charge in [0.05, 0.1) is 13.2 Å². The average Bonchev–Trinajstić information content (AvgIpc) is 2.36. The molecule has 0 bridgehead atoms. The Morgan fingerprint density at radius 3 is 3.11 bits per heavy atom. The molecule has 3 N–H and O–H groups in total. The number of rotatable bonds is 2. The number of hydrogen-bond donors (Lipinski definition) is 2. The van der Waals surface area contributed by atoms with Crippen LogP contribution in [-0.4, -0.2) is 48.7 Å². The summed E-state index contributed by atoms with van der Waals surface area (Å²) in [6.07, 6.45) is 0. The molecule has 98 valence electrons. The molecule has 1 aromatic heterocycles. The van der Waals surface area contributed by atoms with E-state index < -0.39 is 6.04 Å². The van der Waals surface area contributed by atoms with Gasteiger partial charge in [-0.05, 0) is 15.9 Å². The Labute approximate surface area is 113 Å². The maximum Gasteiger partial charge on any atom is 0.244 e. The molecule has 1 aliphatic heterocycles. The van der Waals surface area contributed by atoms with Gasteiger partial charge in [-0.1, -0.05) is 0 Å². The van der Waals surface area contributed by atoms with Crippen molar-refractivity contribution < 1.29 is 9.53 Å². The van der Waals surface area contributed by atoms with Crippen molar-refractivity contribution in [2.75, 3.05) is 37.4 Å². The first-order valence-corrected chi connectivity index (χ1v) is 6.27. The highest BCUT2D eigenvalue weighted by Crippen LogP contribution is 2.19. The number of nitrogens with one attached hydrogen (secondary N) is 1. The van der Waals surface area contributed by atoms with Gasteiger partial charge >= 0.3 is 0 Å². The van der Waals surface area contributed by atoms with Crippen molar-refractivity contribution in [3.05, 3.63) is 10.7 Å². The first-order valence-electron chi connectivity index (χ1n) is 5.48. The predicted molar refractivity (Wildman–Crippen MR) is 70.2 cm³/mol. The van der Waals surface area contributed by atoms with Gasteiger partial charge in [0.15, 0.2) is 0 Å². The molecule has 1 unspecified atom stereocenters. The average molecular weight is 316 g/mol. The number of carbonyl (C=O) groups is 1. The molecule has 1 aliphatic rings. The van der Waals surface area contributed by atoms with Crippen LogP contribution in [0.2, 0.25) is 0 Å². The lowest BCUT2D eigenvalue weighted by atomic mass is 10.2. The van der Waals surface area contributed by atoms with Gasteiger partial charge in [0, 0.05) is 19.7 Å². The van der Waals surface area contributed by atoms with Crippen molar-refractivity contribution in [1.29, 1.82) is 0 Å². The minimum absolute atomic E-state index is 0.128. The van der Waals surface area contributed by atoms with Gasteiger partial charge in [-0.15, -0.1) is 0 Å². The van der Waals surface area contributed by atoms with E-state index in [0.29, 0.717) is 36.1 Å². The molecule has 1 atom stereocenters. The summed E-state index contributed by atoms with van der Waals surface area (Å²) in [5.41, 5.74) is 5.68. The lowest BCUT2D eigenvalue weighted by Gasteiger charge is -2.34. The van der Waals surface area contributed by atoms with Crippen LogP contribution in [0.5, 0.6) is 0 Å². The quantitative estimate of drug-likeness (QED) is 0.732. The van der Waals surface area contributed by atoms with Crippen molar-refractivity contribution >= 4 is 33.6 Å². The van der Waals surface area contributed by atoms with Crippen molar-refractivity contribution in [1.82, 2.24) is 15.3 Å². The number of aromatic nitrogens is 2. The van der Waals surface area contributed by atoms with Gasteiger partial charge in [-0.2, -0.15) is 4.98 Å². The van der Waals surface area contributed by atoms with Gasteiger partial charge < -0.3 is 20.7 Å². The summed E-state index contributed by atoms with van der Waals surface area (Å²) in [5.74, 6) is 0.657. The lowest BCUT2D eigenvalue weighted by Crippen LogP contribution is -2.54. The number of anilines is 2. The normalized spacial score (nSPS) is 19.7. The number of nitrogens with zero attached hydrogens (tertiary/aromatic N) is 3. The number of amides is 1. The number of halogens is 1. The second-order valence-electron chi connectivity index (χ2n) is 3.81. The third kappa shape index (κ3) is 2.70. The van der Waals surface area contributed by atoms with Crippen molar-refractivity contribution in [3.8, 4) is 0 Å². The summed E-state index contributed by atoms with van der Waals surface area (Å²) in [6, 6.07) is 1.18. The van der Waals surface area contributed by atoms with E-state index in [1.165, 1.54) is 0 Å². The molecule has 1 aromatic rings. The van der Waals surface area contributed by atoms with Crippen molar-refractivity contribution in [3.63, 3.8) is 0 Å². The molecule has 1 amide bonds. The number of carbonyl (C=O) groups excluding carboxylic acids is 1. The highest BCUT2D eigenvalue weighted by molar-refractivity contribution is 9.10. The molecule has 0 saturated carbocycles. The molecule has 0 radical (unpaired) electrons. The number of nitrogen functional groups attached to an aromatic ring is 1. The molecule has 1 fully saturated rings. The minimum atomic E-state index is -0.433. The maximum atomic E-state index is 11.8. The van der Waals surface area contributed by atoms with E-state index in [1.807, 2.05) is 0 Å². The lowest BCUT2D eigenvalue weighted by molar-refractivity contribution is -0.124. The molecule has 0 aliphatic carbocycles. The van der Waals surface area contributed by atoms with Gasteiger partial charge in [0.2, 0.25) is 11.9 Å². The van der Waals surface area contributed by atoms with Crippen LogP contribution in [-0.2, 0) is 9.53 Å². The predicted octanol–water partition coefficient (Wildman–Crippen LogP) is -0.228. The zero-order valence-electron chi connectivity index (χ0n) is 9.89. The monoisotopic (exact) mass is 315 g/mol. The minimum Gasteiger partial charge on any atom is -0.383 e. The van der Waals surface area contributed by atoms with Gasteiger partial charge in [0.1, 0.15) is 16.5 Å². The first kappa shape index (κ1) is 13.0. The van der Waals surface area contributed by atoms with Crippen molar-refractivity contribution in [2.24, 2.45) is 0 Å². The number of morpholine rings is 1. The van der Waals surface area contributed by atoms with E-state index in [9.17, 15) is 4.79 Å². The highest BCUT2D eigenvalue weighted by atomic mass is 79.9. The van der Waals surface area contributed by atoms with Crippen LogP contribution >= 0.6 is 15.9 Å². The topological polar surface area (TPSA) is 93.4 Å². The van der Waals surface area contributed by atoms with Gasteiger partial charge in [-0.3, -0.25) is 4.79 Å².